The number of carbonyl (C=O) groups excluding carboxylic acids is 2. The van der Waals surface area contributed by atoms with Gasteiger partial charge in [-0.1, -0.05) is 19.3 Å². The lowest BCUT2D eigenvalue weighted by atomic mass is 9.80. The molecule has 1 aliphatic carbocycles. The van der Waals surface area contributed by atoms with Gasteiger partial charge in [-0.3, -0.25) is 9.59 Å². The Hall–Kier alpha value is -1.16. The van der Waals surface area contributed by atoms with E-state index in [0.717, 1.165) is 32.1 Å². The number of rotatable bonds is 1. The molecule has 2 aliphatic rings. The third kappa shape index (κ3) is 2.16. The molecule has 88 valence electrons. The van der Waals surface area contributed by atoms with Crippen LogP contribution in [-0.2, 0) is 19.1 Å². The van der Waals surface area contributed by atoms with Gasteiger partial charge < -0.3 is 9.47 Å². The second kappa shape index (κ2) is 4.37. The van der Waals surface area contributed by atoms with Crippen LogP contribution in [0.25, 0.3) is 0 Å². The van der Waals surface area contributed by atoms with Gasteiger partial charge >= 0.3 is 5.97 Å². The SMILES string of the molecule is CC(=O)OC1C=CC(=O)C2(CCCCC2)O1. The molecule has 1 saturated carbocycles. The van der Waals surface area contributed by atoms with E-state index in [4.69, 9.17) is 9.47 Å². The molecule has 0 amide bonds. The number of esters is 1. The number of hydrogen-bond donors (Lipinski definition) is 0. The minimum Gasteiger partial charge on any atom is -0.432 e. The van der Waals surface area contributed by atoms with E-state index < -0.39 is 17.9 Å². The highest BCUT2D eigenvalue weighted by atomic mass is 16.7. The third-order valence-corrected chi connectivity index (χ3v) is 3.14. The summed E-state index contributed by atoms with van der Waals surface area (Å²) in [6.07, 6.45) is 6.88. The van der Waals surface area contributed by atoms with Crippen molar-refractivity contribution in [3.8, 4) is 0 Å². The molecular formula is C12H16O4. The first-order chi connectivity index (χ1) is 7.62. The summed E-state index contributed by atoms with van der Waals surface area (Å²) < 4.78 is 10.6. The number of ketones is 1. The Morgan fingerprint density at radius 2 is 2.12 bits per heavy atom. The van der Waals surface area contributed by atoms with E-state index in [2.05, 4.69) is 0 Å². The molecule has 2 rings (SSSR count). The zero-order valence-electron chi connectivity index (χ0n) is 9.40. The van der Waals surface area contributed by atoms with Gasteiger partial charge in [0.15, 0.2) is 5.78 Å². The fourth-order valence-corrected chi connectivity index (χ4v) is 2.35. The Balaban J connectivity index is 2.11. The summed E-state index contributed by atoms with van der Waals surface area (Å²) in [6, 6.07) is 0. The molecule has 4 heteroatoms. The van der Waals surface area contributed by atoms with Crippen LogP contribution < -0.4 is 0 Å². The predicted molar refractivity (Wildman–Crippen MR) is 56.6 cm³/mol. The standard InChI is InChI=1S/C12H16O4/c1-9(13)15-11-6-5-10(14)12(16-11)7-3-2-4-8-12/h5-6,11H,2-4,7-8H2,1H3. The topological polar surface area (TPSA) is 52.6 Å². The van der Waals surface area contributed by atoms with Crippen molar-refractivity contribution in [2.24, 2.45) is 0 Å². The third-order valence-electron chi connectivity index (χ3n) is 3.14. The van der Waals surface area contributed by atoms with Crippen LogP contribution in [0, 0.1) is 0 Å². The number of carbonyl (C=O) groups is 2. The molecule has 1 atom stereocenters. The van der Waals surface area contributed by atoms with Gasteiger partial charge in [-0.15, -0.1) is 0 Å². The van der Waals surface area contributed by atoms with Gasteiger partial charge in [0.2, 0.25) is 6.29 Å². The van der Waals surface area contributed by atoms with Gasteiger partial charge in [-0.05, 0) is 25.0 Å². The molecule has 0 radical (unpaired) electrons. The molecule has 0 aromatic heterocycles. The fourth-order valence-electron chi connectivity index (χ4n) is 2.35. The van der Waals surface area contributed by atoms with Crippen molar-refractivity contribution >= 4 is 11.8 Å². The van der Waals surface area contributed by atoms with E-state index in [0.29, 0.717) is 0 Å². The first-order valence-corrected chi connectivity index (χ1v) is 5.70. The highest BCUT2D eigenvalue weighted by Crippen LogP contribution is 2.36. The van der Waals surface area contributed by atoms with Gasteiger partial charge in [0.05, 0.1) is 0 Å². The first-order valence-electron chi connectivity index (χ1n) is 5.70. The van der Waals surface area contributed by atoms with Crippen LogP contribution in [0.1, 0.15) is 39.0 Å². The van der Waals surface area contributed by atoms with E-state index in [9.17, 15) is 9.59 Å². The average molecular weight is 224 g/mol. The molecule has 0 bridgehead atoms. The Bertz CT molecular complexity index is 326. The maximum absolute atomic E-state index is 11.9. The van der Waals surface area contributed by atoms with Gasteiger partial charge in [-0.2, -0.15) is 0 Å². The van der Waals surface area contributed by atoms with E-state index >= 15 is 0 Å². The first kappa shape index (κ1) is 11.3. The van der Waals surface area contributed by atoms with Crippen molar-refractivity contribution in [3.63, 3.8) is 0 Å². The summed E-state index contributed by atoms with van der Waals surface area (Å²) in [5.74, 6) is -0.384. The van der Waals surface area contributed by atoms with Crippen molar-refractivity contribution < 1.29 is 19.1 Å². The minimum absolute atomic E-state index is 0.00982. The molecule has 1 unspecified atom stereocenters. The summed E-state index contributed by atoms with van der Waals surface area (Å²) in [5, 5.41) is 0. The molecule has 16 heavy (non-hydrogen) atoms. The second-order valence-corrected chi connectivity index (χ2v) is 4.37. The largest absolute Gasteiger partial charge is 0.432 e. The minimum atomic E-state index is -0.729. The maximum Gasteiger partial charge on any atom is 0.305 e. The van der Waals surface area contributed by atoms with Crippen molar-refractivity contribution in [1.29, 1.82) is 0 Å². The average Bonchev–Trinajstić information content (AvgIpc) is 2.24. The Labute approximate surface area is 94.6 Å². The van der Waals surface area contributed by atoms with Gasteiger partial charge in [0, 0.05) is 6.92 Å². The molecule has 1 fully saturated rings. The van der Waals surface area contributed by atoms with Crippen molar-refractivity contribution in [3.05, 3.63) is 12.2 Å². The molecule has 1 aliphatic heterocycles. The number of ether oxygens (including phenoxy) is 2. The van der Waals surface area contributed by atoms with Crippen LogP contribution in [0.4, 0.5) is 0 Å². The van der Waals surface area contributed by atoms with Crippen LogP contribution in [0.15, 0.2) is 12.2 Å². The summed E-state index contributed by atoms with van der Waals surface area (Å²) >= 11 is 0. The molecule has 0 N–H and O–H groups in total. The Morgan fingerprint density at radius 1 is 1.44 bits per heavy atom. The smallest absolute Gasteiger partial charge is 0.305 e. The highest BCUT2D eigenvalue weighted by molar-refractivity contribution is 5.97. The zero-order valence-corrected chi connectivity index (χ0v) is 9.40. The van der Waals surface area contributed by atoms with Crippen LogP contribution in [-0.4, -0.2) is 23.6 Å². The number of hydrogen-bond acceptors (Lipinski definition) is 4. The highest BCUT2D eigenvalue weighted by Gasteiger charge is 2.43. The fraction of sp³-hybridized carbons (Fsp3) is 0.667. The molecule has 0 saturated heterocycles. The Kier molecular flexibility index (Phi) is 3.10. The summed E-state index contributed by atoms with van der Waals surface area (Å²) in [5.41, 5.74) is -0.729. The second-order valence-electron chi connectivity index (χ2n) is 4.37. The zero-order chi connectivity index (χ0) is 11.6. The van der Waals surface area contributed by atoms with E-state index in [1.165, 1.54) is 19.1 Å². The predicted octanol–water partition coefficient (Wildman–Crippen LogP) is 1.73. The molecule has 4 nitrogen and oxygen atoms in total. The van der Waals surface area contributed by atoms with Gasteiger partial charge in [-0.25, -0.2) is 0 Å². The van der Waals surface area contributed by atoms with Crippen molar-refractivity contribution in [1.82, 2.24) is 0 Å². The molecule has 0 aromatic carbocycles. The molecular weight excluding hydrogens is 208 g/mol. The van der Waals surface area contributed by atoms with Crippen molar-refractivity contribution in [2.75, 3.05) is 0 Å². The molecule has 1 heterocycles. The lowest BCUT2D eigenvalue weighted by Crippen LogP contribution is -2.48. The van der Waals surface area contributed by atoms with Gasteiger partial charge in [0.25, 0.3) is 0 Å². The van der Waals surface area contributed by atoms with Crippen LogP contribution in [0.3, 0.4) is 0 Å². The Morgan fingerprint density at radius 3 is 2.75 bits per heavy atom. The molecule has 1 spiro atoms. The molecule has 0 aromatic rings. The maximum atomic E-state index is 11.9. The monoisotopic (exact) mass is 224 g/mol. The van der Waals surface area contributed by atoms with Crippen molar-refractivity contribution in [2.45, 2.75) is 50.9 Å². The summed E-state index contributed by atoms with van der Waals surface area (Å²) in [6.45, 7) is 1.33. The van der Waals surface area contributed by atoms with E-state index in [-0.39, 0.29) is 5.78 Å². The van der Waals surface area contributed by atoms with Crippen LogP contribution >= 0.6 is 0 Å². The summed E-state index contributed by atoms with van der Waals surface area (Å²) in [7, 11) is 0. The van der Waals surface area contributed by atoms with Gasteiger partial charge in [0.1, 0.15) is 5.60 Å². The lowest BCUT2D eigenvalue weighted by molar-refractivity contribution is -0.205. The lowest BCUT2D eigenvalue weighted by Gasteiger charge is -2.38. The van der Waals surface area contributed by atoms with Crippen LogP contribution in [0.2, 0.25) is 0 Å². The van der Waals surface area contributed by atoms with E-state index in [1.54, 1.807) is 0 Å². The quantitative estimate of drug-likeness (QED) is 0.636. The van der Waals surface area contributed by atoms with E-state index in [1.807, 2.05) is 0 Å². The normalized spacial score (nSPS) is 28.1. The summed E-state index contributed by atoms with van der Waals surface area (Å²) in [4.78, 5) is 22.7. The van der Waals surface area contributed by atoms with Crippen LogP contribution in [0.5, 0.6) is 0 Å².